The summed E-state index contributed by atoms with van der Waals surface area (Å²) < 4.78 is 9.88. The molecule has 6 heteroatoms. The molecular formula is C16H29NO5. The molecular weight excluding hydrogens is 286 g/mol. The Kier molecular flexibility index (Phi) is 12.6. The van der Waals surface area contributed by atoms with Gasteiger partial charge >= 0.3 is 0 Å². The Morgan fingerprint density at radius 1 is 0.955 bits per heavy atom. The summed E-state index contributed by atoms with van der Waals surface area (Å²) >= 11 is 0. The van der Waals surface area contributed by atoms with E-state index >= 15 is 0 Å². The molecule has 6 nitrogen and oxygen atoms in total. The fraction of sp³-hybridized carbons (Fsp3) is 0.812. The number of methoxy groups -OCH3 is 2. The molecule has 0 aliphatic carbocycles. The highest BCUT2D eigenvalue weighted by atomic mass is 16.5. The fourth-order valence-electron chi connectivity index (χ4n) is 1.99. The molecule has 22 heavy (non-hydrogen) atoms. The van der Waals surface area contributed by atoms with Gasteiger partial charge in [0.2, 0.25) is 11.8 Å². The number of carbonyl (C=O) groups is 3. The second-order valence-corrected chi connectivity index (χ2v) is 5.41. The molecule has 0 aromatic rings. The second-order valence-electron chi connectivity index (χ2n) is 5.41. The van der Waals surface area contributed by atoms with Gasteiger partial charge in [-0.1, -0.05) is 6.92 Å². The fourth-order valence-corrected chi connectivity index (χ4v) is 1.99. The van der Waals surface area contributed by atoms with E-state index in [0.29, 0.717) is 38.9 Å². The Labute approximate surface area is 133 Å². The lowest BCUT2D eigenvalue weighted by Gasteiger charge is -2.22. The number of amides is 2. The van der Waals surface area contributed by atoms with E-state index in [1.165, 1.54) is 4.90 Å². The zero-order chi connectivity index (χ0) is 16.8. The summed E-state index contributed by atoms with van der Waals surface area (Å²) in [6.07, 6.45) is 4.29. The first-order valence-corrected chi connectivity index (χ1v) is 7.83. The first-order chi connectivity index (χ1) is 10.6. The van der Waals surface area contributed by atoms with Crippen LogP contribution in [0.5, 0.6) is 0 Å². The summed E-state index contributed by atoms with van der Waals surface area (Å²) in [5.41, 5.74) is 0. The molecule has 0 aromatic carbocycles. The van der Waals surface area contributed by atoms with Crippen LogP contribution in [0.25, 0.3) is 0 Å². The quantitative estimate of drug-likeness (QED) is 0.383. The van der Waals surface area contributed by atoms with Crippen LogP contribution in [-0.2, 0) is 23.9 Å². The van der Waals surface area contributed by atoms with Crippen molar-refractivity contribution in [3.63, 3.8) is 0 Å². The minimum atomic E-state index is -0.342. The van der Waals surface area contributed by atoms with Crippen molar-refractivity contribution >= 4 is 18.1 Å². The van der Waals surface area contributed by atoms with Gasteiger partial charge < -0.3 is 14.3 Å². The average Bonchev–Trinajstić information content (AvgIpc) is 2.52. The molecule has 0 bridgehead atoms. The summed E-state index contributed by atoms with van der Waals surface area (Å²) in [7, 11) is 3.23. The van der Waals surface area contributed by atoms with E-state index in [2.05, 4.69) is 0 Å². The van der Waals surface area contributed by atoms with Gasteiger partial charge in [-0.15, -0.1) is 0 Å². The minimum absolute atomic E-state index is 0.162. The zero-order valence-electron chi connectivity index (χ0n) is 14.0. The third-order valence-electron chi connectivity index (χ3n) is 3.28. The molecule has 1 atom stereocenters. The van der Waals surface area contributed by atoms with Crippen molar-refractivity contribution in [2.24, 2.45) is 5.92 Å². The van der Waals surface area contributed by atoms with E-state index in [4.69, 9.17) is 9.47 Å². The van der Waals surface area contributed by atoms with Crippen LogP contribution in [0.2, 0.25) is 0 Å². The molecule has 0 aliphatic heterocycles. The number of hydrogen-bond acceptors (Lipinski definition) is 5. The lowest BCUT2D eigenvalue weighted by Crippen LogP contribution is -2.40. The van der Waals surface area contributed by atoms with Gasteiger partial charge in [0.15, 0.2) is 0 Å². The van der Waals surface area contributed by atoms with Crippen molar-refractivity contribution in [3.8, 4) is 0 Å². The predicted octanol–water partition coefficient (Wildman–Crippen LogP) is 1.81. The second kappa shape index (κ2) is 13.4. The maximum absolute atomic E-state index is 12.2. The van der Waals surface area contributed by atoms with Crippen molar-refractivity contribution in [2.75, 3.05) is 34.0 Å². The van der Waals surface area contributed by atoms with Crippen LogP contribution in [0.3, 0.4) is 0 Å². The Balaban J connectivity index is 4.42. The van der Waals surface area contributed by atoms with E-state index in [9.17, 15) is 14.4 Å². The summed E-state index contributed by atoms with van der Waals surface area (Å²) in [6.45, 7) is 3.07. The highest BCUT2D eigenvalue weighted by Crippen LogP contribution is 2.09. The molecule has 0 aliphatic rings. The van der Waals surface area contributed by atoms with E-state index in [-0.39, 0.29) is 24.3 Å². The average molecular weight is 315 g/mol. The Bertz CT molecular complexity index is 308. The van der Waals surface area contributed by atoms with Crippen molar-refractivity contribution < 1.29 is 23.9 Å². The normalized spacial score (nSPS) is 12.0. The topological polar surface area (TPSA) is 72.9 Å². The Hall–Kier alpha value is -1.27. The number of hydrogen-bond donors (Lipinski definition) is 0. The summed E-state index contributed by atoms with van der Waals surface area (Å²) in [4.78, 5) is 36.5. The molecule has 0 N–H and O–H groups in total. The van der Waals surface area contributed by atoms with Gasteiger partial charge in [-0.3, -0.25) is 14.5 Å². The van der Waals surface area contributed by atoms with Crippen LogP contribution in [0.4, 0.5) is 0 Å². The van der Waals surface area contributed by atoms with Gasteiger partial charge in [-0.05, 0) is 25.7 Å². The lowest BCUT2D eigenvalue weighted by molar-refractivity contribution is -0.145. The van der Waals surface area contributed by atoms with Gasteiger partial charge in [0.1, 0.15) is 6.29 Å². The number of rotatable bonds is 13. The number of imide groups is 1. The van der Waals surface area contributed by atoms with Crippen LogP contribution in [0.1, 0.15) is 45.4 Å². The van der Waals surface area contributed by atoms with Crippen molar-refractivity contribution in [3.05, 3.63) is 0 Å². The third kappa shape index (κ3) is 9.63. The van der Waals surface area contributed by atoms with Crippen molar-refractivity contribution in [2.45, 2.75) is 45.4 Å². The number of aldehydes is 1. The SMILES string of the molecule is COCCCCC(=O)N(CC(C)C=O)C(=O)CCCCOC. The summed E-state index contributed by atoms with van der Waals surface area (Å²) in [6, 6.07) is 0. The monoisotopic (exact) mass is 315 g/mol. The maximum atomic E-state index is 12.2. The molecule has 128 valence electrons. The molecule has 0 rings (SSSR count). The molecule has 0 heterocycles. The van der Waals surface area contributed by atoms with Gasteiger partial charge in [0.05, 0.1) is 0 Å². The Morgan fingerprint density at radius 2 is 1.41 bits per heavy atom. The smallest absolute Gasteiger partial charge is 0.229 e. The number of carbonyl (C=O) groups excluding carboxylic acids is 3. The van der Waals surface area contributed by atoms with Crippen molar-refractivity contribution in [1.82, 2.24) is 4.90 Å². The van der Waals surface area contributed by atoms with Crippen LogP contribution >= 0.6 is 0 Å². The molecule has 0 aromatic heterocycles. The summed E-state index contributed by atoms with van der Waals surface area (Å²) in [5.74, 6) is -0.756. The number of ether oxygens (including phenoxy) is 2. The molecule has 2 amide bonds. The predicted molar refractivity (Wildman–Crippen MR) is 83.4 cm³/mol. The largest absolute Gasteiger partial charge is 0.385 e. The zero-order valence-corrected chi connectivity index (χ0v) is 14.0. The first kappa shape index (κ1) is 20.7. The highest BCUT2D eigenvalue weighted by molar-refractivity contribution is 5.95. The van der Waals surface area contributed by atoms with Crippen LogP contribution in [-0.4, -0.2) is 57.0 Å². The van der Waals surface area contributed by atoms with Crippen LogP contribution in [0.15, 0.2) is 0 Å². The molecule has 0 radical (unpaired) electrons. The van der Waals surface area contributed by atoms with E-state index in [1.807, 2.05) is 0 Å². The van der Waals surface area contributed by atoms with Gasteiger partial charge in [0, 0.05) is 52.7 Å². The molecule has 1 unspecified atom stereocenters. The van der Waals surface area contributed by atoms with Crippen LogP contribution in [0, 0.1) is 5.92 Å². The van der Waals surface area contributed by atoms with Gasteiger partial charge in [-0.2, -0.15) is 0 Å². The van der Waals surface area contributed by atoms with E-state index in [0.717, 1.165) is 19.1 Å². The van der Waals surface area contributed by atoms with E-state index < -0.39 is 0 Å². The maximum Gasteiger partial charge on any atom is 0.229 e. The molecule has 0 saturated heterocycles. The number of nitrogens with zero attached hydrogens (tertiary/aromatic N) is 1. The molecule has 0 spiro atoms. The molecule has 0 saturated carbocycles. The Morgan fingerprint density at radius 3 is 1.77 bits per heavy atom. The third-order valence-corrected chi connectivity index (χ3v) is 3.28. The summed E-state index contributed by atoms with van der Waals surface area (Å²) in [5, 5.41) is 0. The molecule has 0 fully saturated rings. The van der Waals surface area contributed by atoms with Gasteiger partial charge in [-0.25, -0.2) is 0 Å². The highest BCUT2D eigenvalue weighted by Gasteiger charge is 2.22. The minimum Gasteiger partial charge on any atom is -0.385 e. The standard InChI is InChI=1S/C16H29NO5/c1-14(13-18)12-17(15(19)8-4-6-10-21-2)16(20)9-5-7-11-22-3/h13-14H,4-12H2,1-3H3. The van der Waals surface area contributed by atoms with Gasteiger partial charge in [0.25, 0.3) is 0 Å². The van der Waals surface area contributed by atoms with Crippen molar-refractivity contribution in [1.29, 1.82) is 0 Å². The first-order valence-electron chi connectivity index (χ1n) is 7.83. The van der Waals surface area contributed by atoms with E-state index in [1.54, 1.807) is 21.1 Å². The van der Waals surface area contributed by atoms with Crippen LogP contribution < -0.4 is 0 Å². The lowest BCUT2D eigenvalue weighted by atomic mass is 10.1. The number of unbranched alkanes of at least 4 members (excludes halogenated alkanes) is 2.